The van der Waals surface area contributed by atoms with E-state index >= 15 is 0 Å². The first-order valence-electron chi connectivity index (χ1n) is 4.62. The Morgan fingerprint density at radius 1 is 1.24 bits per heavy atom. The third kappa shape index (κ3) is 5.63. The largest absolute Gasteiger partial charge is 0.743 e. The van der Waals surface area contributed by atoms with E-state index < -0.39 is 46.2 Å². The molecule has 122 valence electrons. The van der Waals surface area contributed by atoms with Gasteiger partial charge in [0.05, 0.1) is 0 Å². The highest BCUT2D eigenvalue weighted by Crippen LogP contribution is 2.26. The maximum Gasteiger partial charge on any atom is 0.436 e. The van der Waals surface area contributed by atoms with Gasteiger partial charge in [0.2, 0.25) is 0 Å². The van der Waals surface area contributed by atoms with Gasteiger partial charge in [-0.3, -0.25) is 0 Å². The molecule has 0 bridgehead atoms. The SMILES string of the molecule is C=CC(=O)OC(C(=O)OCC(F)(F)S(=O)(=O)[O-])C(F)(F)F. The van der Waals surface area contributed by atoms with Gasteiger partial charge < -0.3 is 14.0 Å². The molecule has 21 heavy (non-hydrogen) atoms. The first kappa shape index (κ1) is 19.2. The molecule has 0 fully saturated rings. The van der Waals surface area contributed by atoms with Crippen molar-refractivity contribution in [3.63, 3.8) is 0 Å². The van der Waals surface area contributed by atoms with Crippen molar-refractivity contribution in [3.8, 4) is 0 Å². The summed E-state index contributed by atoms with van der Waals surface area (Å²) in [7, 11) is -6.25. The fourth-order valence-electron chi connectivity index (χ4n) is 0.716. The number of halogens is 5. The van der Waals surface area contributed by atoms with Crippen LogP contribution in [0.25, 0.3) is 0 Å². The number of rotatable bonds is 6. The molecule has 0 aliphatic rings. The van der Waals surface area contributed by atoms with Gasteiger partial charge in [-0.1, -0.05) is 6.58 Å². The number of alkyl halides is 5. The smallest absolute Gasteiger partial charge is 0.436 e. The summed E-state index contributed by atoms with van der Waals surface area (Å²) in [6.45, 7) is 0.276. The zero-order valence-corrected chi connectivity index (χ0v) is 10.5. The molecule has 7 nitrogen and oxygen atoms in total. The highest BCUT2D eigenvalue weighted by atomic mass is 32.2. The highest BCUT2D eigenvalue weighted by Gasteiger charge is 2.50. The average molecular weight is 341 g/mol. The molecular formula is C8H6F5O7S-. The molecule has 0 spiro atoms. The lowest BCUT2D eigenvalue weighted by Gasteiger charge is -2.22. The van der Waals surface area contributed by atoms with Gasteiger partial charge in [-0.15, -0.1) is 0 Å². The first-order chi connectivity index (χ1) is 9.22. The van der Waals surface area contributed by atoms with Crippen LogP contribution in [0.3, 0.4) is 0 Å². The van der Waals surface area contributed by atoms with E-state index in [1.165, 1.54) is 0 Å². The molecule has 0 aliphatic carbocycles. The summed E-state index contributed by atoms with van der Waals surface area (Å²) >= 11 is 0. The molecule has 0 radical (unpaired) electrons. The van der Waals surface area contributed by atoms with Gasteiger partial charge in [-0.05, 0) is 0 Å². The summed E-state index contributed by atoms with van der Waals surface area (Å²) in [6, 6.07) is 0. The maximum atomic E-state index is 12.6. The molecule has 0 aromatic rings. The van der Waals surface area contributed by atoms with E-state index in [1.807, 2.05) is 0 Å². The zero-order valence-electron chi connectivity index (χ0n) is 9.72. The molecule has 0 saturated heterocycles. The Morgan fingerprint density at radius 2 is 1.71 bits per heavy atom. The molecule has 0 amide bonds. The summed E-state index contributed by atoms with van der Waals surface area (Å²) < 4.78 is 99.2. The number of esters is 2. The van der Waals surface area contributed by atoms with E-state index in [0.29, 0.717) is 0 Å². The normalized spacial score (nSPS) is 14.2. The van der Waals surface area contributed by atoms with E-state index in [1.54, 1.807) is 0 Å². The summed E-state index contributed by atoms with van der Waals surface area (Å²) in [4.78, 5) is 21.5. The predicted octanol–water partition coefficient (Wildman–Crippen LogP) is 0.328. The monoisotopic (exact) mass is 341 g/mol. The predicted molar refractivity (Wildman–Crippen MR) is 51.7 cm³/mol. The Labute approximate surface area is 114 Å². The van der Waals surface area contributed by atoms with Gasteiger partial charge >= 0.3 is 23.4 Å². The van der Waals surface area contributed by atoms with Crippen molar-refractivity contribution in [2.24, 2.45) is 0 Å². The Kier molecular flexibility index (Phi) is 5.81. The van der Waals surface area contributed by atoms with E-state index in [-0.39, 0.29) is 6.08 Å². The molecule has 1 unspecified atom stereocenters. The van der Waals surface area contributed by atoms with E-state index in [0.717, 1.165) is 0 Å². The van der Waals surface area contributed by atoms with Crippen molar-refractivity contribution in [3.05, 3.63) is 12.7 Å². The van der Waals surface area contributed by atoms with Crippen LogP contribution in [0, 0.1) is 0 Å². The second-order valence-corrected chi connectivity index (χ2v) is 4.77. The lowest BCUT2D eigenvalue weighted by molar-refractivity contribution is -0.229. The second kappa shape index (κ2) is 6.34. The molecule has 0 heterocycles. The summed E-state index contributed by atoms with van der Waals surface area (Å²) in [5, 5.41) is -5.14. The highest BCUT2D eigenvalue weighted by molar-refractivity contribution is 7.86. The molecule has 0 aromatic carbocycles. The zero-order chi connectivity index (χ0) is 17.1. The number of hydrogen-bond acceptors (Lipinski definition) is 7. The van der Waals surface area contributed by atoms with Crippen molar-refractivity contribution in [1.29, 1.82) is 0 Å². The van der Waals surface area contributed by atoms with Gasteiger partial charge in [0, 0.05) is 6.08 Å². The van der Waals surface area contributed by atoms with Crippen LogP contribution < -0.4 is 0 Å². The Balaban J connectivity index is 5.02. The second-order valence-electron chi connectivity index (χ2n) is 3.26. The van der Waals surface area contributed by atoms with Crippen LogP contribution in [0.4, 0.5) is 22.0 Å². The minimum Gasteiger partial charge on any atom is -0.743 e. The Morgan fingerprint density at radius 3 is 2.05 bits per heavy atom. The number of carbonyl (C=O) groups excluding carboxylic acids is 2. The quantitative estimate of drug-likeness (QED) is 0.296. The van der Waals surface area contributed by atoms with E-state index in [4.69, 9.17) is 0 Å². The summed E-state index contributed by atoms with van der Waals surface area (Å²) in [5.41, 5.74) is 0. The summed E-state index contributed by atoms with van der Waals surface area (Å²) in [5.74, 6) is -4.24. The van der Waals surface area contributed by atoms with Crippen molar-refractivity contribution >= 4 is 22.1 Å². The molecule has 0 rings (SSSR count). The van der Waals surface area contributed by atoms with Crippen LogP contribution in [0.5, 0.6) is 0 Å². The number of ether oxygens (including phenoxy) is 2. The topological polar surface area (TPSA) is 110 Å². The van der Waals surface area contributed by atoms with E-state index in [9.17, 15) is 44.5 Å². The first-order valence-corrected chi connectivity index (χ1v) is 6.03. The molecule has 13 heteroatoms. The lowest BCUT2D eigenvalue weighted by atomic mass is 10.3. The van der Waals surface area contributed by atoms with Crippen LogP contribution in [0.1, 0.15) is 0 Å². The fraction of sp³-hybridized carbons (Fsp3) is 0.500. The third-order valence-corrected chi connectivity index (χ3v) is 2.51. The van der Waals surface area contributed by atoms with Crippen LogP contribution >= 0.6 is 0 Å². The molecule has 0 N–H and O–H groups in total. The molecule has 1 atom stereocenters. The van der Waals surface area contributed by atoms with E-state index in [2.05, 4.69) is 16.1 Å². The van der Waals surface area contributed by atoms with Crippen molar-refractivity contribution < 1.29 is 54.0 Å². The minimum absolute atomic E-state index is 0.253. The Bertz CT molecular complexity index is 524. The molecule has 0 aliphatic heterocycles. The minimum atomic E-state index is -6.25. The van der Waals surface area contributed by atoms with Crippen LogP contribution in [-0.4, -0.2) is 49.1 Å². The standard InChI is InChI=1S/C8H7F5O7S/c1-2-4(14)20-5(8(11,12)13)6(15)19-3-7(9,10)21(16,17)18/h2,5H,1,3H2,(H,16,17,18)/p-1. The van der Waals surface area contributed by atoms with Crippen LogP contribution in [-0.2, 0) is 29.2 Å². The number of carbonyl (C=O) groups is 2. The molecule has 0 saturated carbocycles. The summed E-state index contributed by atoms with van der Waals surface area (Å²) in [6.07, 6.45) is -8.84. The fourth-order valence-corrected chi connectivity index (χ4v) is 0.919. The van der Waals surface area contributed by atoms with Crippen molar-refractivity contribution in [2.45, 2.75) is 17.5 Å². The molecular weight excluding hydrogens is 335 g/mol. The van der Waals surface area contributed by atoms with Crippen molar-refractivity contribution in [2.75, 3.05) is 6.61 Å². The van der Waals surface area contributed by atoms with Gasteiger partial charge in [0.25, 0.3) is 6.10 Å². The van der Waals surface area contributed by atoms with Gasteiger partial charge in [0.15, 0.2) is 16.7 Å². The van der Waals surface area contributed by atoms with Gasteiger partial charge in [0.1, 0.15) is 0 Å². The van der Waals surface area contributed by atoms with Crippen LogP contribution in [0.2, 0.25) is 0 Å². The van der Waals surface area contributed by atoms with Crippen LogP contribution in [0.15, 0.2) is 12.7 Å². The Hall–Kier alpha value is -1.76. The third-order valence-electron chi connectivity index (χ3n) is 1.66. The van der Waals surface area contributed by atoms with Gasteiger partial charge in [-0.2, -0.15) is 22.0 Å². The maximum absolute atomic E-state index is 12.6. The lowest BCUT2D eigenvalue weighted by Crippen LogP contribution is -2.44. The van der Waals surface area contributed by atoms with Gasteiger partial charge in [-0.25, -0.2) is 18.0 Å². The number of hydrogen-bond donors (Lipinski definition) is 0. The molecule has 0 aromatic heterocycles. The van der Waals surface area contributed by atoms with Crippen molar-refractivity contribution in [1.82, 2.24) is 0 Å². The average Bonchev–Trinajstić information content (AvgIpc) is 2.29.